The molecule has 1 aliphatic rings. The number of benzene rings is 2. The summed E-state index contributed by atoms with van der Waals surface area (Å²) in [7, 11) is 0. The molecule has 1 aromatic heterocycles. The smallest absolute Gasteiger partial charge is 0.146 e. The van der Waals surface area contributed by atoms with E-state index < -0.39 is 0 Å². The van der Waals surface area contributed by atoms with Crippen molar-refractivity contribution in [3.8, 4) is 0 Å². The molecule has 0 aliphatic carbocycles. The Hall–Kier alpha value is -2.33. The molecule has 2 aromatic carbocycles. The predicted molar refractivity (Wildman–Crippen MR) is 93.7 cm³/mol. The van der Waals surface area contributed by atoms with Crippen LogP contribution in [0, 0.1) is 0 Å². The third kappa shape index (κ3) is 2.57. The number of anilines is 1. The van der Waals surface area contributed by atoms with Gasteiger partial charge in [0.25, 0.3) is 0 Å². The normalized spacial score (nSPS) is 15.7. The summed E-state index contributed by atoms with van der Waals surface area (Å²) in [6.07, 6.45) is 0.974. The van der Waals surface area contributed by atoms with E-state index in [0.29, 0.717) is 0 Å². The molecule has 0 saturated heterocycles. The summed E-state index contributed by atoms with van der Waals surface area (Å²) in [6.45, 7) is 0. The van der Waals surface area contributed by atoms with Crippen molar-refractivity contribution >= 4 is 34.2 Å². The molecule has 0 fully saturated rings. The minimum atomic E-state index is 0.780. The van der Waals surface area contributed by atoms with E-state index in [4.69, 9.17) is 0 Å². The van der Waals surface area contributed by atoms with Gasteiger partial charge < -0.3 is 0 Å². The lowest BCUT2D eigenvalue weighted by molar-refractivity contribution is 1.17. The van der Waals surface area contributed by atoms with E-state index >= 15 is 0 Å². The molecule has 0 saturated carbocycles. The standard InChI is InChI=1S/C18H15N3S/c1-3-7-15-13(5-1)9-10-18(19-15)21-20-16-11-12-22-17-8-4-2-6-14(16)17/h1-10H,11-12H2,(H,19,21)/b20-16+. The summed E-state index contributed by atoms with van der Waals surface area (Å²) in [5, 5.41) is 5.73. The van der Waals surface area contributed by atoms with E-state index in [1.165, 1.54) is 10.5 Å². The molecule has 0 radical (unpaired) electrons. The topological polar surface area (TPSA) is 37.3 Å². The third-order valence-electron chi connectivity index (χ3n) is 3.70. The van der Waals surface area contributed by atoms with E-state index in [9.17, 15) is 0 Å². The molecule has 3 aromatic rings. The number of thioether (sulfide) groups is 1. The van der Waals surface area contributed by atoms with Gasteiger partial charge in [0.2, 0.25) is 0 Å². The molecular weight excluding hydrogens is 290 g/mol. The fourth-order valence-electron chi connectivity index (χ4n) is 2.59. The van der Waals surface area contributed by atoms with Crippen molar-refractivity contribution in [2.24, 2.45) is 5.10 Å². The molecule has 4 heteroatoms. The van der Waals surface area contributed by atoms with Crippen molar-refractivity contribution in [2.75, 3.05) is 11.2 Å². The zero-order valence-corrected chi connectivity index (χ0v) is 12.8. The number of nitrogens with one attached hydrogen (secondary N) is 1. The SMILES string of the molecule is c1ccc2c(c1)SCC/C2=N\Nc1ccc2ccccc2n1. The lowest BCUT2D eigenvalue weighted by atomic mass is 10.1. The molecule has 0 bridgehead atoms. The molecule has 2 heterocycles. The molecule has 0 unspecified atom stereocenters. The Morgan fingerprint density at radius 2 is 1.82 bits per heavy atom. The summed E-state index contributed by atoms with van der Waals surface area (Å²) >= 11 is 1.89. The van der Waals surface area contributed by atoms with Crippen LogP contribution in [0.5, 0.6) is 0 Å². The first-order chi connectivity index (χ1) is 10.9. The van der Waals surface area contributed by atoms with Crippen molar-refractivity contribution in [1.29, 1.82) is 0 Å². The van der Waals surface area contributed by atoms with Crippen LogP contribution < -0.4 is 5.43 Å². The minimum Gasteiger partial charge on any atom is -0.261 e. The largest absolute Gasteiger partial charge is 0.261 e. The summed E-state index contributed by atoms with van der Waals surface area (Å²) in [5.41, 5.74) is 6.42. The Morgan fingerprint density at radius 1 is 0.955 bits per heavy atom. The summed E-state index contributed by atoms with van der Waals surface area (Å²) in [5.74, 6) is 1.85. The quantitative estimate of drug-likeness (QED) is 0.706. The van der Waals surface area contributed by atoms with E-state index in [1.807, 2.05) is 36.0 Å². The van der Waals surface area contributed by atoms with Gasteiger partial charge >= 0.3 is 0 Å². The van der Waals surface area contributed by atoms with Gasteiger partial charge in [-0.1, -0.05) is 36.4 Å². The monoisotopic (exact) mass is 305 g/mol. The number of para-hydroxylation sites is 1. The fourth-order valence-corrected chi connectivity index (χ4v) is 3.62. The maximum Gasteiger partial charge on any atom is 0.146 e. The van der Waals surface area contributed by atoms with Gasteiger partial charge in [-0.25, -0.2) is 4.98 Å². The Balaban J connectivity index is 1.63. The first kappa shape index (κ1) is 13.3. The fraction of sp³-hybridized carbons (Fsp3) is 0.111. The minimum absolute atomic E-state index is 0.780. The molecule has 0 spiro atoms. The Labute approximate surface area is 133 Å². The van der Waals surface area contributed by atoms with E-state index in [-0.39, 0.29) is 0 Å². The number of hydrogen-bond donors (Lipinski definition) is 1. The maximum atomic E-state index is 4.59. The number of hydrogen-bond acceptors (Lipinski definition) is 4. The highest BCUT2D eigenvalue weighted by atomic mass is 32.2. The highest BCUT2D eigenvalue weighted by Crippen LogP contribution is 2.30. The van der Waals surface area contributed by atoms with Crippen LogP contribution in [0.15, 0.2) is 70.7 Å². The molecular formula is C18H15N3S. The zero-order chi connectivity index (χ0) is 14.8. The Morgan fingerprint density at radius 3 is 2.82 bits per heavy atom. The van der Waals surface area contributed by atoms with E-state index in [1.54, 1.807) is 0 Å². The van der Waals surface area contributed by atoms with Gasteiger partial charge in [-0.05, 0) is 24.3 Å². The van der Waals surface area contributed by atoms with Crippen molar-refractivity contribution in [2.45, 2.75) is 11.3 Å². The first-order valence-corrected chi connectivity index (χ1v) is 8.29. The number of rotatable bonds is 2. The van der Waals surface area contributed by atoms with Gasteiger partial charge in [0, 0.05) is 28.0 Å². The van der Waals surface area contributed by atoms with Crippen LogP contribution in [0.1, 0.15) is 12.0 Å². The van der Waals surface area contributed by atoms with Crippen LogP contribution in [0.2, 0.25) is 0 Å². The second kappa shape index (κ2) is 5.81. The van der Waals surface area contributed by atoms with Gasteiger partial charge in [0.05, 0.1) is 11.2 Å². The Kier molecular flexibility index (Phi) is 3.52. The molecule has 0 atom stereocenters. The van der Waals surface area contributed by atoms with Crippen molar-refractivity contribution in [3.63, 3.8) is 0 Å². The van der Waals surface area contributed by atoms with Crippen LogP contribution in [0.4, 0.5) is 5.82 Å². The van der Waals surface area contributed by atoms with Crippen LogP contribution in [-0.2, 0) is 0 Å². The number of hydrazone groups is 1. The van der Waals surface area contributed by atoms with Crippen molar-refractivity contribution < 1.29 is 0 Å². The molecule has 4 rings (SSSR count). The van der Waals surface area contributed by atoms with E-state index in [0.717, 1.165) is 34.6 Å². The van der Waals surface area contributed by atoms with Gasteiger partial charge in [-0.15, -0.1) is 11.8 Å². The molecule has 108 valence electrons. The zero-order valence-electron chi connectivity index (χ0n) is 12.0. The lowest BCUT2D eigenvalue weighted by Crippen LogP contribution is -2.11. The molecule has 0 amide bonds. The van der Waals surface area contributed by atoms with Crippen LogP contribution in [0.25, 0.3) is 10.9 Å². The van der Waals surface area contributed by atoms with Gasteiger partial charge in [0.1, 0.15) is 5.82 Å². The van der Waals surface area contributed by atoms with E-state index in [2.05, 4.69) is 51.9 Å². The summed E-state index contributed by atoms with van der Waals surface area (Å²) in [4.78, 5) is 5.90. The molecule has 1 N–H and O–H groups in total. The lowest BCUT2D eigenvalue weighted by Gasteiger charge is -2.17. The summed E-state index contributed by atoms with van der Waals surface area (Å²) < 4.78 is 0. The number of aromatic nitrogens is 1. The third-order valence-corrected chi connectivity index (χ3v) is 4.77. The number of pyridine rings is 1. The Bertz CT molecular complexity index is 858. The average Bonchev–Trinajstić information content (AvgIpc) is 2.60. The van der Waals surface area contributed by atoms with Crippen LogP contribution >= 0.6 is 11.8 Å². The predicted octanol–water partition coefficient (Wildman–Crippen LogP) is 4.55. The van der Waals surface area contributed by atoms with Crippen LogP contribution in [-0.4, -0.2) is 16.4 Å². The highest BCUT2D eigenvalue weighted by molar-refractivity contribution is 7.99. The second-order valence-electron chi connectivity index (χ2n) is 5.15. The van der Waals surface area contributed by atoms with Crippen molar-refractivity contribution in [1.82, 2.24) is 4.98 Å². The van der Waals surface area contributed by atoms with Gasteiger partial charge in [-0.3, -0.25) is 5.43 Å². The molecule has 22 heavy (non-hydrogen) atoms. The number of fused-ring (bicyclic) bond motifs is 2. The molecule has 1 aliphatic heterocycles. The summed E-state index contributed by atoms with van der Waals surface area (Å²) in [6, 6.07) is 20.6. The molecule has 3 nitrogen and oxygen atoms in total. The van der Waals surface area contributed by atoms with Crippen LogP contribution in [0.3, 0.4) is 0 Å². The van der Waals surface area contributed by atoms with Crippen molar-refractivity contribution in [3.05, 3.63) is 66.2 Å². The highest BCUT2D eigenvalue weighted by Gasteiger charge is 2.15. The average molecular weight is 305 g/mol. The van der Waals surface area contributed by atoms with Gasteiger partial charge in [-0.2, -0.15) is 5.10 Å². The second-order valence-corrected chi connectivity index (χ2v) is 6.29. The first-order valence-electron chi connectivity index (χ1n) is 7.31. The van der Waals surface area contributed by atoms with Gasteiger partial charge in [0.15, 0.2) is 0 Å². The number of nitrogens with zero attached hydrogens (tertiary/aromatic N) is 2. The maximum absolute atomic E-state index is 4.59.